The molecule has 1 aliphatic rings. The van der Waals surface area contributed by atoms with E-state index in [1.807, 2.05) is 19.9 Å². The van der Waals surface area contributed by atoms with Crippen molar-refractivity contribution in [2.24, 2.45) is 0 Å². The van der Waals surface area contributed by atoms with Crippen LogP contribution >= 0.6 is 11.3 Å². The minimum atomic E-state index is -3.37. The van der Waals surface area contributed by atoms with Gasteiger partial charge >= 0.3 is 5.97 Å². The molecule has 0 radical (unpaired) electrons. The lowest BCUT2D eigenvalue weighted by Gasteiger charge is -2.21. The Bertz CT molecular complexity index is 977. The van der Waals surface area contributed by atoms with Crippen molar-refractivity contribution in [2.75, 3.05) is 17.2 Å². The quantitative estimate of drug-likeness (QED) is 0.576. The molecule has 8 heteroatoms. The van der Waals surface area contributed by atoms with Crippen molar-refractivity contribution in [3.05, 3.63) is 51.2 Å². The van der Waals surface area contributed by atoms with Crippen LogP contribution in [0, 0.1) is 6.92 Å². The van der Waals surface area contributed by atoms with Crippen molar-refractivity contribution in [1.82, 2.24) is 0 Å². The van der Waals surface area contributed by atoms with E-state index >= 15 is 0 Å². The summed E-state index contributed by atoms with van der Waals surface area (Å²) in [5, 5.41) is 1.79. The second-order valence-electron chi connectivity index (χ2n) is 6.39. The number of ketones is 1. The monoisotopic (exact) mass is 393 g/mol. The van der Waals surface area contributed by atoms with Gasteiger partial charge in [0, 0.05) is 11.6 Å². The molecule has 0 amide bonds. The highest BCUT2D eigenvalue weighted by Crippen LogP contribution is 2.34. The Hall–Kier alpha value is -2.19. The lowest BCUT2D eigenvalue weighted by atomic mass is 10.0. The first-order valence-electron chi connectivity index (χ1n) is 8.05. The zero-order valence-corrected chi connectivity index (χ0v) is 16.3. The topological polar surface area (TPSA) is 80.8 Å². The second kappa shape index (κ2) is 6.85. The van der Waals surface area contributed by atoms with Crippen molar-refractivity contribution in [3.63, 3.8) is 0 Å². The maximum absolute atomic E-state index is 12.4. The number of rotatable bonds is 5. The average Bonchev–Trinajstić information content (AvgIpc) is 3.13. The van der Waals surface area contributed by atoms with Gasteiger partial charge in [-0.15, -0.1) is 11.3 Å². The molecule has 1 atom stereocenters. The van der Waals surface area contributed by atoms with Gasteiger partial charge in [-0.05, 0) is 61.0 Å². The summed E-state index contributed by atoms with van der Waals surface area (Å²) in [5.74, 6) is -0.829. The molecule has 138 valence electrons. The normalized spacial score (nSPS) is 16.4. The van der Waals surface area contributed by atoms with Gasteiger partial charge in [0.1, 0.15) is 4.88 Å². The fourth-order valence-electron chi connectivity index (χ4n) is 3.14. The van der Waals surface area contributed by atoms with E-state index in [-0.39, 0.29) is 18.4 Å². The molecular formula is C18H19NO5S2. The lowest BCUT2D eigenvalue weighted by Crippen LogP contribution is -2.34. The largest absolute Gasteiger partial charge is 0.453 e. The van der Waals surface area contributed by atoms with Crippen LogP contribution in [-0.2, 0) is 21.2 Å². The summed E-state index contributed by atoms with van der Waals surface area (Å²) < 4.78 is 30.4. The van der Waals surface area contributed by atoms with Crippen molar-refractivity contribution in [3.8, 4) is 0 Å². The molecule has 0 bridgehead atoms. The van der Waals surface area contributed by atoms with Gasteiger partial charge in [0.2, 0.25) is 10.0 Å². The number of benzene rings is 1. The Morgan fingerprint density at radius 3 is 2.65 bits per heavy atom. The number of Topliss-reactive ketones (excluding diaryl/α,β-unsaturated/α-hetero) is 1. The van der Waals surface area contributed by atoms with Crippen LogP contribution < -0.4 is 4.31 Å². The molecule has 2 heterocycles. The number of thiophene rings is 1. The molecule has 3 rings (SSSR count). The Labute approximate surface area is 156 Å². The third-order valence-electron chi connectivity index (χ3n) is 4.29. The number of fused-ring (bicyclic) bond motifs is 1. The molecule has 26 heavy (non-hydrogen) atoms. The molecule has 0 aliphatic carbocycles. The molecule has 2 aromatic rings. The molecule has 6 nitrogen and oxygen atoms in total. The maximum atomic E-state index is 12.4. The van der Waals surface area contributed by atoms with Crippen molar-refractivity contribution >= 4 is 38.8 Å². The van der Waals surface area contributed by atoms with E-state index in [1.54, 1.807) is 23.6 Å². The Morgan fingerprint density at radius 1 is 1.31 bits per heavy atom. The summed E-state index contributed by atoms with van der Waals surface area (Å²) in [6.45, 7) is 3.29. The lowest BCUT2D eigenvalue weighted by molar-refractivity contribution is 0.0479. The molecule has 0 saturated carbocycles. The number of ether oxygens (including phenoxy) is 1. The minimum Gasteiger partial charge on any atom is -0.453 e. The number of nitrogens with zero attached hydrogens (tertiary/aromatic N) is 1. The van der Waals surface area contributed by atoms with Gasteiger partial charge < -0.3 is 4.74 Å². The summed E-state index contributed by atoms with van der Waals surface area (Å²) in [4.78, 5) is 24.9. The van der Waals surface area contributed by atoms with Gasteiger partial charge in [-0.1, -0.05) is 0 Å². The number of esters is 1. The maximum Gasteiger partial charge on any atom is 0.349 e. The van der Waals surface area contributed by atoms with Gasteiger partial charge in [-0.3, -0.25) is 9.10 Å². The van der Waals surface area contributed by atoms with Crippen LogP contribution in [0.4, 0.5) is 5.69 Å². The highest BCUT2D eigenvalue weighted by atomic mass is 32.2. The van der Waals surface area contributed by atoms with Crippen molar-refractivity contribution in [2.45, 2.75) is 26.3 Å². The first-order valence-corrected chi connectivity index (χ1v) is 10.8. The van der Waals surface area contributed by atoms with E-state index in [9.17, 15) is 18.0 Å². The van der Waals surface area contributed by atoms with E-state index in [0.717, 1.165) is 11.1 Å². The first-order chi connectivity index (χ1) is 12.2. The Kier molecular flexibility index (Phi) is 4.90. The van der Waals surface area contributed by atoms with E-state index in [4.69, 9.17) is 4.74 Å². The minimum absolute atomic E-state index is 0.190. The third kappa shape index (κ3) is 3.52. The number of hydrogen-bond donors (Lipinski definition) is 0. The van der Waals surface area contributed by atoms with Gasteiger partial charge in [0.25, 0.3) is 0 Å². The summed E-state index contributed by atoms with van der Waals surface area (Å²) >= 11 is 1.28. The zero-order valence-electron chi connectivity index (χ0n) is 14.7. The van der Waals surface area contributed by atoms with Crippen molar-refractivity contribution < 1.29 is 22.7 Å². The molecule has 0 spiro atoms. The van der Waals surface area contributed by atoms with Crippen LogP contribution in [-0.4, -0.2) is 39.1 Å². The smallest absolute Gasteiger partial charge is 0.349 e. The molecule has 0 fully saturated rings. The van der Waals surface area contributed by atoms with Gasteiger partial charge in [-0.25, -0.2) is 13.2 Å². The predicted molar refractivity (Wildman–Crippen MR) is 101 cm³/mol. The molecule has 0 N–H and O–H groups in total. The Morgan fingerprint density at radius 2 is 2.04 bits per heavy atom. The summed E-state index contributed by atoms with van der Waals surface area (Å²) in [6, 6.07) is 6.52. The van der Waals surface area contributed by atoms with Crippen LogP contribution in [0.15, 0.2) is 29.6 Å². The number of hydrogen-bond acceptors (Lipinski definition) is 6. The number of sulfonamides is 1. The first kappa shape index (κ1) is 18.6. The highest BCUT2D eigenvalue weighted by Gasteiger charge is 2.32. The third-order valence-corrected chi connectivity index (χ3v) is 6.56. The molecule has 1 aromatic heterocycles. The molecule has 1 aromatic carbocycles. The molecular weight excluding hydrogens is 374 g/mol. The predicted octanol–water partition coefficient (Wildman–Crippen LogP) is 2.81. The SMILES string of the molecule is Cc1ccsc1C(=O)OCC(=O)c1ccc2c(c1)C[C@H](C)N2S(C)(=O)=O. The molecule has 0 unspecified atom stereocenters. The van der Waals surface area contributed by atoms with Crippen LogP contribution in [0.5, 0.6) is 0 Å². The van der Waals surface area contributed by atoms with Crippen LogP contribution in [0.2, 0.25) is 0 Å². The van der Waals surface area contributed by atoms with E-state index < -0.39 is 16.0 Å². The average molecular weight is 393 g/mol. The fourth-order valence-corrected chi connectivity index (χ4v) is 5.22. The van der Waals surface area contributed by atoms with Gasteiger partial charge in [-0.2, -0.15) is 0 Å². The van der Waals surface area contributed by atoms with E-state index in [1.165, 1.54) is 21.9 Å². The number of aryl methyl sites for hydroxylation is 1. The standard InChI is InChI=1S/C18H19NO5S2/c1-11-6-7-25-17(11)18(21)24-10-16(20)13-4-5-15-14(9-13)8-12(2)19(15)26(3,22)23/h4-7,9,12H,8,10H2,1-3H3/t12-/m0/s1. The molecule has 1 aliphatic heterocycles. The fraction of sp³-hybridized carbons (Fsp3) is 0.333. The summed E-state index contributed by atoms with van der Waals surface area (Å²) in [5.41, 5.74) is 2.62. The summed E-state index contributed by atoms with van der Waals surface area (Å²) in [6.07, 6.45) is 1.71. The second-order valence-corrected chi connectivity index (χ2v) is 9.16. The van der Waals surface area contributed by atoms with E-state index in [0.29, 0.717) is 22.5 Å². The number of carbonyl (C=O) groups excluding carboxylic acids is 2. The number of carbonyl (C=O) groups is 2. The van der Waals surface area contributed by atoms with Gasteiger partial charge in [0.15, 0.2) is 12.4 Å². The molecule has 0 saturated heterocycles. The van der Waals surface area contributed by atoms with Crippen LogP contribution in [0.1, 0.15) is 38.1 Å². The Balaban J connectivity index is 1.73. The number of anilines is 1. The van der Waals surface area contributed by atoms with E-state index in [2.05, 4.69) is 0 Å². The highest BCUT2D eigenvalue weighted by molar-refractivity contribution is 7.92. The van der Waals surface area contributed by atoms with Crippen LogP contribution in [0.25, 0.3) is 0 Å². The zero-order chi connectivity index (χ0) is 19.1. The van der Waals surface area contributed by atoms with Crippen molar-refractivity contribution in [1.29, 1.82) is 0 Å². The van der Waals surface area contributed by atoms with Gasteiger partial charge in [0.05, 0.1) is 11.9 Å². The van der Waals surface area contributed by atoms with Crippen LogP contribution in [0.3, 0.4) is 0 Å². The summed E-state index contributed by atoms with van der Waals surface area (Å²) in [7, 11) is -3.37.